The summed E-state index contributed by atoms with van der Waals surface area (Å²) in [6.45, 7) is 0. The van der Waals surface area contributed by atoms with Crippen molar-refractivity contribution in [2.24, 2.45) is 0 Å². The van der Waals surface area contributed by atoms with Gasteiger partial charge in [-0.15, -0.1) is 0 Å². The molecule has 0 spiro atoms. The molecular weight excluding hydrogens is 222 g/mol. The fourth-order valence-corrected chi connectivity index (χ4v) is 0.948. The summed E-state index contributed by atoms with van der Waals surface area (Å²) in [7, 11) is 0. The summed E-state index contributed by atoms with van der Waals surface area (Å²) >= 11 is 16.0. The molecule has 1 aromatic rings. The summed E-state index contributed by atoms with van der Waals surface area (Å²) in [4.78, 5) is 0. The Labute approximate surface area is 84.6 Å². The second-order valence-corrected chi connectivity index (χ2v) is 4.22. The van der Waals surface area contributed by atoms with Crippen LogP contribution in [0.1, 0.15) is 0 Å². The lowest BCUT2D eigenvalue weighted by molar-refractivity contribution is 0.318. The van der Waals surface area contributed by atoms with Crippen molar-refractivity contribution in [3.8, 4) is 11.5 Å². The van der Waals surface area contributed by atoms with Crippen LogP contribution in [0.4, 0.5) is 0 Å². The molecule has 0 aliphatic carbocycles. The number of aromatic hydroxyl groups is 1. The number of phenols is 1. The Morgan fingerprint density at radius 1 is 1.25 bits per heavy atom. The van der Waals surface area contributed by atoms with E-state index >= 15 is 0 Å². The molecule has 2 nitrogen and oxygen atoms in total. The van der Waals surface area contributed by atoms with Crippen LogP contribution < -0.4 is 4.74 Å². The average Bonchev–Trinajstić information content (AvgIpc) is 1.82. The van der Waals surface area contributed by atoms with E-state index in [9.17, 15) is 0 Å². The Morgan fingerprint density at radius 3 is 2.42 bits per heavy atom. The lowest BCUT2D eigenvalue weighted by atomic mass is 10.3. The van der Waals surface area contributed by atoms with Gasteiger partial charge >= 0.3 is 3.98 Å². The van der Waals surface area contributed by atoms with Crippen molar-refractivity contribution >= 4 is 34.8 Å². The van der Waals surface area contributed by atoms with E-state index in [1.807, 2.05) is 0 Å². The first kappa shape index (κ1) is 9.78. The highest BCUT2D eigenvalue weighted by Gasteiger charge is 2.21. The van der Waals surface area contributed by atoms with Gasteiger partial charge in [0, 0.05) is 6.07 Å². The third-order valence-corrected chi connectivity index (χ3v) is 1.28. The van der Waals surface area contributed by atoms with E-state index in [-0.39, 0.29) is 5.75 Å². The highest BCUT2D eigenvalue weighted by Crippen LogP contribution is 2.31. The predicted octanol–water partition coefficient (Wildman–Crippen LogP) is 3.10. The summed E-state index contributed by atoms with van der Waals surface area (Å²) in [5.74, 6) is 0.358. The van der Waals surface area contributed by atoms with Crippen molar-refractivity contribution in [2.75, 3.05) is 0 Å². The fraction of sp³-hybridized carbons (Fsp3) is 0.143. The van der Waals surface area contributed by atoms with Crippen molar-refractivity contribution in [3.63, 3.8) is 0 Å². The number of ether oxygens (including phenoxy) is 1. The zero-order valence-corrected chi connectivity index (χ0v) is 8.07. The van der Waals surface area contributed by atoms with Gasteiger partial charge < -0.3 is 9.84 Å². The van der Waals surface area contributed by atoms with Crippen molar-refractivity contribution in [2.45, 2.75) is 3.98 Å². The third kappa shape index (κ3) is 3.39. The molecule has 0 aliphatic rings. The van der Waals surface area contributed by atoms with E-state index < -0.39 is 3.98 Å². The molecular formula is C7H5Cl3O2. The first-order valence-electron chi connectivity index (χ1n) is 3.02. The number of benzene rings is 1. The second-order valence-electron chi connectivity index (χ2n) is 2.05. The second kappa shape index (κ2) is 3.60. The normalized spacial score (nSPS) is 11.2. The van der Waals surface area contributed by atoms with Gasteiger partial charge in [-0.2, -0.15) is 0 Å². The minimum absolute atomic E-state index is 0.0572. The molecule has 1 aromatic carbocycles. The quantitative estimate of drug-likeness (QED) is 0.747. The predicted molar refractivity (Wildman–Crippen MR) is 49.0 cm³/mol. The Hall–Kier alpha value is -0.310. The highest BCUT2D eigenvalue weighted by molar-refractivity contribution is 6.66. The topological polar surface area (TPSA) is 29.5 Å². The number of phenolic OH excluding ortho intramolecular Hbond substituents is 1. The van der Waals surface area contributed by atoms with Crippen LogP contribution in [0, 0.1) is 0 Å². The summed E-state index contributed by atoms with van der Waals surface area (Å²) in [5.41, 5.74) is 0. The molecule has 0 heterocycles. The van der Waals surface area contributed by atoms with E-state index in [0.29, 0.717) is 5.75 Å². The van der Waals surface area contributed by atoms with E-state index in [1.165, 1.54) is 12.1 Å². The molecule has 1 N–H and O–H groups in total. The Bertz CT molecular complexity index is 270. The SMILES string of the molecule is Oc1cccc(OC(Cl)(Cl)Cl)c1. The van der Waals surface area contributed by atoms with Crippen LogP contribution >= 0.6 is 34.8 Å². The molecule has 0 aromatic heterocycles. The van der Waals surface area contributed by atoms with Crippen molar-refractivity contribution in [1.29, 1.82) is 0 Å². The van der Waals surface area contributed by atoms with Crippen molar-refractivity contribution in [1.82, 2.24) is 0 Å². The molecule has 0 radical (unpaired) electrons. The van der Waals surface area contributed by atoms with Crippen LogP contribution in [0.5, 0.6) is 11.5 Å². The lowest BCUT2D eigenvalue weighted by Gasteiger charge is -2.13. The van der Waals surface area contributed by atoms with Crippen LogP contribution in [0.2, 0.25) is 0 Å². The lowest BCUT2D eigenvalue weighted by Crippen LogP contribution is -2.12. The maximum absolute atomic E-state index is 9.00. The molecule has 0 aliphatic heterocycles. The Kier molecular flexibility index (Phi) is 2.94. The van der Waals surface area contributed by atoms with Crippen molar-refractivity contribution < 1.29 is 9.84 Å². The Balaban J connectivity index is 2.77. The van der Waals surface area contributed by atoms with Gasteiger partial charge in [0.05, 0.1) is 0 Å². The largest absolute Gasteiger partial charge is 0.508 e. The fourth-order valence-electron chi connectivity index (χ4n) is 0.681. The summed E-state index contributed by atoms with van der Waals surface area (Å²) < 4.78 is 3.02. The summed E-state index contributed by atoms with van der Waals surface area (Å²) in [6, 6.07) is 6.00. The highest BCUT2D eigenvalue weighted by atomic mass is 35.6. The molecule has 12 heavy (non-hydrogen) atoms. The van der Waals surface area contributed by atoms with Crippen molar-refractivity contribution in [3.05, 3.63) is 24.3 Å². The van der Waals surface area contributed by atoms with Gasteiger partial charge in [0.1, 0.15) is 11.5 Å². The average molecular weight is 227 g/mol. The molecule has 0 saturated heterocycles. The molecule has 0 amide bonds. The molecule has 0 bridgehead atoms. The number of rotatable bonds is 1. The smallest absolute Gasteiger partial charge is 0.338 e. The van der Waals surface area contributed by atoms with Gasteiger partial charge in [-0.25, -0.2) is 0 Å². The summed E-state index contributed by atoms with van der Waals surface area (Å²) in [5, 5.41) is 9.00. The molecule has 5 heteroatoms. The molecule has 0 unspecified atom stereocenters. The van der Waals surface area contributed by atoms with Crippen LogP contribution in [0.3, 0.4) is 0 Å². The zero-order valence-electron chi connectivity index (χ0n) is 5.80. The molecule has 66 valence electrons. The first-order valence-corrected chi connectivity index (χ1v) is 4.15. The Morgan fingerprint density at radius 2 is 1.92 bits per heavy atom. The number of halogens is 3. The standard InChI is InChI=1S/C7H5Cl3O2/c8-7(9,10)12-6-3-1-2-5(11)4-6/h1-4,11H. The minimum atomic E-state index is -1.80. The van der Waals surface area contributed by atoms with Crippen LogP contribution in [0.15, 0.2) is 24.3 Å². The molecule has 0 atom stereocenters. The van der Waals surface area contributed by atoms with E-state index in [1.54, 1.807) is 12.1 Å². The first-order chi connectivity index (χ1) is 5.47. The zero-order chi connectivity index (χ0) is 9.19. The van der Waals surface area contributed by atoms with Gasteiger partial charge in [-0.1, -0.05) is 6.07 Å². The minimum Gasteiger partial charge on any atom is -0.508 e. The third-order valence-electron chi connectivity index (χ3n) is 1.05. The van der Waals surface area contributed by atoms with E-state index in [2.05, 4.69) is 0 Å². The van der Waals surface area contributed by atoms with Gasteiger partial charge in [-0.05, 0) is 46.9 Å². The van der Waals surface area contributed by atoms with Crippen LogP contribution in [-0.4, -0.2) is 9.09 Å². The van der Waals surface area contributed by atoms with E-state index in [4.69, 9.17) is 44.6 Å². The van der Waals surface area contributed by atoms with Gasteiger partial charge in [0.25, 0.3) is 0 Å². The monoisotopic (exact) mass is 226 g/mol. The molecule has 1 rings (SSSR count). The van der Waals surface area contributed by atoms with Gasteiger partial charge in [0.15, 0.2) is 0 Å². The van der Waals surface area contributed by atoms with Gasteiger partial charge in [0.2, 0.25) is 0 Å². The van der Waals surface area contributed by atoms with E-state index in [0.717, 1.165) is 0 Å². The maximum atomic E-state index is 9.00. The molecule has 0 saturated carbocycles. The number of hydrogen-bond acceptors (Lipinski definition) is 2. The van der Waals surface area contributed by atoms with Gasteiger partial charge in [-0.3, -0.25) is 0 Å². The van der Waals surface area contributed by atoms with Crippen LogP contribution in [0.25, 0.3) is 0 Å². The summed E-state index contributed by atoms with van der Waals surface area (Å²) in [6.07, 6.45) is 0. The number of hydrogen-bond donors (Lipinski definition) is 1. The molecule has 0 fully saturated rings. The number of alkyl halides is 3. The van der Waals surface area contributed by atoms with Crippen LogP contribution in [-0.2, 0) is 0 Å². The maximum Gasteiger partial charge on any atom is 0.338 e.